The zero-order valence-electron chi connectivity index (χ0n) is 14.1. The molecule has 5 nitrogen and oxygen atoms in total. The van der Waals surface area contributed by atoms with Crippen molar-refractivity contribution in [3.8, 4) is 11.3 Å². The highest BCUT2D eigenvalue weighted by atomic mass is 32.2. The molecule has 0 bridgehead atoms. The van der Waals surface area contributed by atoms with Gasteiger partial charge in [0.25, 0.3) is 10.0 Å². The lowest BCUT2D eigenvalue weighted by Crippen LogP contribution is -2.14. The van der Waals surface area contributed by atoms with Gasteiger partial charge in [-0.15, -0.1) is 0 Å². The van der Waals surface area contributed by atoms with Crippen LogP contribution in [0.5, 0.6) is 0 Å². The van der Waals surface area contributed by atoms with Gasteiger partial charge in [0.1, 0.15) is 0 Å². The van der Waals surface area contributed by atoms with Crippen LogP contribution in [-0.2, 0) is 10.0 Å². The average molecular weight is 363 g/mol. The number of aromatic nitrogens is 2. The van der Waals surface area contributed by atoms with Crippen molar-refractivity contribution < 1.29 is 8.42 Å². The summed E-state index contributed by atoms with van der Waals surface area (Å²) < 4.78 is 28.1. The molecule has 4 aromatic rings. The van der Waals surface area contributed by atoms with E-state index in [4.69, 9.17) is 0 Å². The summed E-state index contributed by atoms with van der Waals surface area (Å²) in [5.41, 5.74) is 3.81. The molecule has 0 fully saturated rings. The minimum Gasteiger partial charge on any atom is -0.280 e. The Hall–Kier alpha value is -3.12. The summed E-state index contributed by atoms with van der Waals surface area (Å²) in [6.45, 7) is 1.78. The molecule has 130 valence electrons. The van der Waals surface area contributed by atoms with E-state index >= 15 is 0 Å². The van der Waals surface area contributed by atoms with Crippen molar-refractivity contribution >= 4 is 26.6 Å². The number of rotatable bonds is 4. The van der Waals surface area contributed by atoms with E-state index in [2.05, 4.69) is 14.9 Å². The van der Waals surface area contributed by atoms with E-state index in [1.165, 1.54) is 0 Å². The largest absolute Gasteiger partial charge is 0.280 e. The molecule has 26 heavy (non-hydrogen) atoms. The molecule has 0 aliphatic rings. The van der Waals surface area contributed by atoms with Crippen molar-refractivity contribution in [1.82, 2.24) is 10.2 Å². The minimum atomic E-state index is -3.65. The third kappa shape index (κ3) is 2.95. The van der Waals surface area contributed by atoms with Crippen LogP contribution in [-0.4, -0.2) is 18.6 Å². The van der Waals surface area contributed by atoms with Gasteiger partial charge in [-0.1, -0.05) is 48.5 Å². The van der Waals surface area contributed by atoms with Gasteiger partial charge in [0.15, 0.2) is 0 Å². The molecule has 0 saturated heterocycles. The van der Waals surface area contributed by atoms with Crippen molar-refractivity contribution in [3.05, 3.63) is 78.4 Å². The predicted molar refractivity (Wildman–Crippen MR) is 104 cm³/mol. The first kappa shape index (κ1) is 16.4. The van der Waals surface area contributed by atoms with Crippen LogP contribution in [0.2, 0.25) is 0 Å². The van der Waals surface area contributed by atoms with Gasteiger partial charge >= 0.3 is 0 Å². The van der Waals surface area contributed by atoms with Crippen LogP contribution < -0.4 is 4.72 Å². The number of fused-ring (bicyclic) bond motifs is 1. The van der Waals surface area contributed by atoms with Crippen LogP contribution >= 0.6 is 0 Å². The number of benzene rings is 3. The zero-order valence-corrected chi connectivity index (χ0v) is 14.9. The summed E-state index contributed by atoms with van der Waals surface area (Å²) in [5, 5.41) is 8.23. The topological polar surface area (TPSA) is 74.8 Å². The minimum absolute atomic E-state index is 0.274. The van der Waals surface area contributed by atoms with Gasteiger partial charge in [0, 0.05) is 16.6 Å². The smallest absolute Gasteiger partial charge is 0.262 e. The van der Waals surface area contributed by atoms with Gasteiger partial charge in [0.2, 0.25) is 0 Å². The maximum Gasteiger partial charge on any atom is 0.262 e. The fourth-order valence-corrected chi connectivity index (χ4v) is 4.26. The van der Waals surface area contributed by atoms with Crippen LogP contribution in [0.25, 0.3) is 22.2 Å². The molecule has 1 heterocycles. The molecule has 0 spiro atoms. The van der Waals surface area contributed by atoms with E-state index in [9.17, 15) is 8.42 Å². The molecule has 0 amide bonds. The fourth-order valence-electron chi connectivity index (χ4n) is 2.96. The highest BCUT2D eigenvalue weighted by molar-refractivity contribution is 7.92. The summed E-state index contributed by atoms with van der Waals surface area (Å²) >= 11 is 0. The number of aryl methyl sites for hydroxylation is 1. The molecule has 0 aliphatic carbocycles. The molecule has 0 saturated carbocycles. The molecule has 3 aromatic carbocycles. The Morgan fingerprint density at radius 2 is 1.65 bits per heavy atom. The Balaban J connectivity index is 1.75. The highest BCUT2D eigenvalue weighted by Gasteiger charge is 2.17. The number of hydrogen-bond acceptors (Lipinski definition) is 3. The third-order valence-electron chi connectivity index (χ3n) is 4.25. The van der Waals surface area contributed by atoms with E-state index in [1.54, 1.807) is 37.3 Å². The van der Waals surface area contributed by atoms with E-state index < -0.39 is 10.0 Å². The molecule has 4 rings (SSSR count). The van der Waals surface area contributed by atoms with Gasteiger partial charge in [-0.3, -0.25) is 9.82 Å². The number of anilines is 1. The molecule has 0 aliphatic heterocycles. The van der Waals surface area contributed by atoms with Crippen molar-refractivity contribution in [3.63, 3.8) is 0 Å². The number of nitrogens with one attached hydrogen (secondary N) is 2. The molecule has 0 unspecified atom stereocenters. The molecule has 2 N–H and O–H groups in total. The number of aromatic amines is 1. The zero-order chi connectivity index (χ0) is 18.1. The van der Waals surface area contributed by atoms with Crippen molar-refractivity contribution in [1.29, 1.82) is 0 Å². The predicted octanol–water partition coefficient (Wildman–Crippen LogP) is 4.34. The van der Waals surface area contributed by atoms with Crippen molar-refractivity contribution in [2.45, 2.75) is 11.8 Å². The van der Waals surface area contributed by atoms with E-state index in [1.807, 2.05) is 42.5 Å². The van der Waals surface area contributed by atoms with Crippen LogP contribution in [0.3, 0.4) is 0 Å². The van der Waals surface area contributed by atoms with E-state index in [0.717, 1.165) is 22.2 Å². The molecule has 1 aromatic heterocycles. The average Bonchev–Trinajstić information content (AvgIpc) is 3.05. The third-order valence-corrected chi connectivity index (χ3v) is 5.79. The van der Waals surface area contributed by atoms with Gasteiger partial charge in [-0.2, -0.15) is 5.10 Å². The maximum absolute atomic E-state index is 12.7. The highest BCUT2D eigenvalue weighted by Crippen LogP contribution is 2.29. The van der Waals surface area contributed by atoms with Crippen LogP contribution in [0, 0.1) is 6.92 Å². The van der Waals surface area contributed by atoms with Gasteiger partial charge in [-0.05, 0) is 36.8 Å². The molecular weight excluding hydrogens is 346 g/mol. The van der Waals surface area contributed by atoms with Crippen molar-refractivity contribution in [2.75, 3.05) is 4.72 Å². The van der Waals surface area contributed by atoms with E-state index in [0.29, 0.717) is 11.3 Å². The first-order valence-corrected chi connectivity index (χ1v) is 9.65. The molecule has 6 heteroatoms. The van der Waals surface area contributed by atoms with Gasteiger partial charge in [-0.25, -0.2) is 8.42 Å². The Kier molecular flexibility index (Phi) is 3.97. The Bertz CT molecular complexity index is 1180. The van der Waals surface area contributed by atoms with Crippen LogP contribution in [0.1, 0.15) is 5.56 Å². The van der Waals surface area contributed by atoms with Gasteiger partial charge in [0.05, 0.1) is 16.1 Å². The molecule has 0 atom stereocenters. The maximum atomic E-state index is 12.7. The number of H-pyrrole nitrogens is 1. The Morgan fingerprint density at radius 1 is 0.923 bits per heavy atom. The Morgan fingerprint density at radius 3 is 2.42 bits per heavy atom. The fraction of sp³-hybridized carbons (Fsp3) is 0.0500. The lowest BCUT2D eigenvalue weighted by Gasteiger charge is -2.10. The quantitative estimate of drug-likeness (QED) is 0.566. The normalized spacial score (nSPS) is 11.6. The first-order chi connectivity index (χ1) is 12.5. The summed E-state index contributed by atoms with van der Waals surface area (Å²) in [6.07, 6.45) is 0. The second kappa shape index (κ2) is 6.31. The standard InChI is InChI=1S/C20H17N3O2S/c1-14-7-5-6-10-19(14)26(24,25)23-16-11-12-18-17(13-16)20(22-21-18)15-8-3-2-4-9-15/h2-13,23H,1H3,(H,21,22). The number of nitrogens with zero attached hydrogens (tertiary/aromatic N) is 1. The molecular formula is C20H17N3O2S. The van der Waals surface area contributed by atoms with Gasteiger partial charge < -0.3 is 0 Å². The summed E-state index contributed by atoms with van der Waals surface area (Å²) in [5.74, 6) is 0. The summed E-state index contributed by atoms with van der Waals surface area (Å²) in [4.78, 5) is 0.274. The monoisotopic (exact) mass is 363 g/mol. The number of sulfonamides is 1. The number of hydrogen-bond donors (Lipinski definition) is 2. The van der Waals surface area contributed by atoms with E-state index in [-0.39, 0.29) is 4.90 Å². The second-order valence-corrected chi connectivity index (χ2v) is 7.72. The van der Waals surface area contributed by atoms with Crippen LogP contribution in [0.4, 0.5) is 5.69 Å². The lowest BCUT2D eigenvalue weighted by molar-refractivity contribution is 0.600. The first-order valence-electron chi connectivity index (χ1n) is 8.16. The lowest BCUT2D eigenvalue weighted by atomic mass is 10.1. The Labute approximate surface area is 151 Å². The second-order valence-electron chi connectivity index (χ2n) is 6.07. The molecule has 0 radical (unpaired) electrons. The summed E-state index contributed by atoms with van der Waals surface area (Å²) in [6, 6.07) is 22.0. The SMILES string of the molecule is Cc1ccccc1S(=O)(=O)Nc1ccc2[nH]nc(-c3ccccc3)c2c1. The summed E-state index contributed by atoms with van der Waals surface area (Å²) in [7, 11) is -3.65. The van der Waals surface area contributed by atoms with Crippen LogP contribution in [0.15, 0.2) is 77.7 Å². The van der Waals surface area contributed by atoms with Crippen molar-refractivity contribution in [2.24, 2.45) is 0 Å².